The molecule has 0 bridgehead atoms. The molecule has 0 saturated heterocycles. The van der Waals surface area contributed by atoms with Crippen molar-refractivity contribution in [1.82, 2.24) is 4.90 Å². The molecular formula is C44H85N3O15. The van der Waals surface area contributed by atoms with E-state index in [9.17, 15) is 60.7 Å². The van der Waals surface area contributed by atoms with Gasteiger partial charge in [0, 0.05) is 31.6 Å². The Balaban J connectivity index is 0. The standard InChI is InChI=1S/C20H32O3.C18H39NO10.C6H14N2O2/c1-14(2)6-5-7-15(3)8-10-19(22)17-9-11-20(23)18(13-17)12-16(4)21;1-4-11(21)15(25)16(26)12(22)7-19(5-6-29-10(2)3)8-13(23)17(27)18(28)14(24)9-20;1-4(2)10-3-5(7)6(8)9/h9,11,13-15,19,22-23H,5-8,10,12H2,1-4H3;10-18,20-28H,4-9H2,1-3H3;4-5H,3,7H2,1-2H3,(H2,8,9)/t15-,19+;11-,12+,13+,14-,15-,16-,17-,18-;5-/m100/s1. The van der Waals surface area contributed by atoms with E-state index in [0.717, 1.165) is 17.9 Å². The number of ether oxygens (including phenoxy) is 2. The van der Waals surface area contributed by atoms with Crippen molar-refractivity contribution in [2.24, 2.45) is 23.3 Å². The molecule has 0 heterocycles. The van der Waals surface area contributed by atoms with E-state index in [1.807, 2.05) is 27.7 Å². The number of rotatable bonds is 30. The summed E-state index contributed by atoms with van der Waals surface area (Å²) in [6.07, 6.45) is -7.42. The second kappa shape index (κ2) is 34.0. The molecule has 0 radical (unpaired) electrons. The van der Waals surface area contributed by atoms with Gasteiger partial charge in [-0.25, -0.2) is 0 Å². The second-order valence-corrected chi connectivity index (χ2v) is 17.2. The molecule has 0 saturated carbocycles. The lowest BCUT2D eigenvalue weighted by Crippen LogP contribution is -2.53. The summed E-state index contributed by atoms with van der Waals surface area (Å²) in [5.41, 5.74) is 11.5. The highest BCUT2D eigenvalue weighted by atomic mass is 16.5. The number of ketones is 1. The smallest absolute Gasteiger partial charge is 0.236 e. The van der Waals surface area contributed by atoms with Crippen molar-refractivity contribution in [3.8, 4) is 5.75 Å². The number of hydrogen-bond acceptors (Lipinski definition) is 17. The monoisotopic (exact) mass is 896 g/mol. The van der Waals surface area contributed by atoms with Crippen LogP contribution in [0.25, 0.3) is 0 Å². The van der Waals surface area contributed by atoms with Gasteiger partial charge in [0.2, 0.25) is 5.91 Å². The van der Waals surface area contributed by atoms with Gasteiger partial charge in [-0.3, -0.25) is 14.5 Å². The molecule has 0 spiro atoms. The Morgan fingerprint density at radius 2 is 1.24 bits per heavy atom. The van der Waals surface area contributed by atoms with Gasteiger partial charge >= 0.3 is 0 Å². The number of hydrogen-bond donors (Lipinski definition) is 13. The third-order valence-electron chi connectivity index (χ3n) is 9.94. The molecule has 1 aromatic rings. The fraction of sp³-hybridized carbons (Fsp3) is 0.818. The summed E-state index contributed by atoms with van der Waals surface area (Å²) in [5.74, 6) is 0.964. The first-order valence-corrected chi connectivity index (χ1v) is 21.8. The van der Waals surface area contributed by atoms with Crippen molar-refractivity contribution in [2.75, 3.05) is 39.5 Å². The molecule has 1 rings (SSSR count). The number of amides is 1. The van der Waals surface area contributed by atoms with Crippen LogP contribution in [0.15, 0.2) is 18.2 Å². The zero-order chi connectivity index (χ0) is 48.3. The molecule has 18 nitrogen and oxygen atoms in total. The van der Waals surface area contributed by atoms with E-state index < -0.39 is 73.5 Å². The number of carbonyl (C=O) groups is 2. The third kappa shape index (κ3) is 28.4. The minimum Gasteiger partial charge on any atom is -0.508 e. The summed E-state index contributed by atoms with van der Waals surface area (Å²) < 4.78 is 10.5. The van der Waals surface area contributed by atoms with Gasteiger partial charge in [0.1, 0.15) is 48.1 Å². The first kappa shape index (κ1) is 61.7. The van der Waals surface area contributed by atoms with Crippen LogP contribution in [0.1, 0.15) is 118 Å². The molecule has 0 unspecified atom stereocenters. The maximum atomic E-state index is 11.2. The van der Waals surface area contributed by atoms with Crippen molar-refractivity contribution in [3.05, 3.63) is 29.3 Å². The highest BCUT2D eigenvalue weighted by molar-refractivity contribution is 5.79. The van der Waals surface area contributed by atoms with Crippen LogP contribution in [0.2, 0.25) is 0 Å². The van der Waals surface area contributed by atoms with Crippen LogP contribution >= 0.6 is 0 Å². The zero-order valence-electron chi connectivity index (χ0n) is 38.7. The predicted molar refractivity (Wildman–Crippen MR) is 236 cm³/mol. The lowest BCUT2D eigenvalue weighted by molar-refractivity contribution is -0.128. The summed E-state index contributed by atoms with van der Waals surface area (Å²) >= 11 is 0. The van der Waals surface area contributed by atoms with Gasteiger partial charge in [-0.05, 0) is 83.4 Å². The lowest BCUT2D eigenvalue weighted by Gasteiger charge is -2.33. The highest BCUT2D eigenvalue weighted by Gasteiger charge is 2.34. The Labute approximate surface area is 369 Å². The number of aliphatic hydroxyl groups excluding tert-OH is 10. The zero-order valence-corrected chi connectivity index (χ0v) is 38.7. The maximum absolute atomic E-state index is 11.2. The van der Waals surface area contributed by atoms with Crippen molar-refractivity contribution in [2.45, 2.75) is 180 Å². The number of phenolic OH excluding ortho intramolecular Hbond substituents is 1. The van der Waals surface area contributed by atoms with Gasteiger partial charge in [-0.2, -0.15) is 0 Å². The molecule has 18 heteroatoms. The normalized spacial score (nSPS) is 17.2. The Kier molecular flexibility index (Phi) is 33.8. The molecule has 0 aliphatic carbocycles. The van der Waals surface area contributed by atoms with Crippen LogP contribution in [0.3, 0.4) is 0 Å². The fourth-order valence-corrected chi connectivity index (χ4v) is 5.91. The number of benzene rings is 1. The molecule has 1 aromatic carbocycles. The molecule has 11 atom stereocenters. The van der Waals surface area contributed by atoms with Gasteiger partial charge < -0.3 is 77.1 Å². The molecule has 0 fully saturated rings. The summed E-state index contributed by atoms with van der Waals surface area (Å²) in [5, 5.41) is 108. The average molecular weight is 896 g/mol. The van der Waals surface area contributed by atoms with Crippen LogP contribution in [0.5, 0.6) is 5.75 Å². The molecule has 1 amide bonds. The van der Waals surface area contributed by atoms with Gasteiger partial charge in [0.05, 0.1) is 56.4 Å². The third-order valence-corrected chi connectivity index (χ3v) is 9.94. The number of carbonyl (C=O) groups excluding carboxylic acids is 2. The van der Waals surface area contributed by atoms with E-state index in [1.165, 1.54) is 31.1 Å². The number of aromatic hydroxyl groups is 1. The van der Waals surface area contributed by atoms with Crippen molar-refractivity contribution in [3.63, 3.8) is 0 Å². The van der Waals surface area contributed by atoms with Crippen LogP contribution < -0.4 is 11.5 Å². The quantitative estimate of drug-likeness (QED) is 0.0484. The Morgan fingerprint density at radius 1 is 0.726 bits per heavy atom. The summed E-state index contributed by atoms with van der Waals surface area (Å²) in [7, 11) is 0. The van der Waals surface area contributed by atoms with Crippen LogP contribution in [-0.4, -0.2) is 179 Å². The molecule has 62 heavy (non-hydrogen) atoms. The summed E-state index contributed by atoms with van der Waals surface area (Å²) in [4.78, 5) is 23.0. The highest BCUT2D eigenvalue weighted by Crippen LogP contribution is 2.28. The Hall–Kier alpha value is -2.40. The van der Waals surface area contributed by atoms with E-state index in [4.69, 9.17) is 26.0 Å². The number of Topliss-reactive ketones (excluding diaryl/α,β-unsaturated/α-hetero) is 1. The molecule has 366 valence electrons. The van der Waals surface area contributed by atoms with Crippen molar-refractivity contribution >= 4 is 11.7 Å². The largest absolute Gasteiger partial charge is 0.508 e. The van der Waals surface area contributed by atoms with Crippen molar-refractivity contribution < 1.29 is 75.2 Å². The molecule has 15 N–H and O–H groups in total. The molecule has 0 aliphatic rings. The predicted octanol–water partition coefficient (Wildman–Crippen LogP) is 0.0266. The average Bonchev–Trinajstić information content (AvgIpc) is 3.20. The van der Waals surface area contributed by atoms with Gasteiger partial charge in [0.15, 0.2) is 0 Å². The summed E-state index contributed by atoms with van der Waals surface area (Å²) in [6.45, 7) is 16.5. The van der Waals surface area contributed by atoms with Gasteiger partial charge in [-0.1, -0.05) is 53.0 Å². The Morgan fingerprint density at radius 3 is 1.69 bits per heavy atom. The minimum absolute atomic E-state index is 0.00529. The number of nitrogens with zero attached hydrogens (tertiary/aromatic N) is 1. The first-order chi connectivity index (χ1) is 28.8. The van der Waals surface area contributed by atoms with Gasteiger partial charge in [-0.15, -0.1) is 0 Å². The molecular weight excluding hydrogens is 810 g/mol. The topological polar surface area (TPSA) is 330 Å². The maximum Gasteiger partial charge on any atom is 0.236 e. The number of primary amides is 1. The van der Waals surface area contributed by atoms with Crippen LogP contribution in [-0.2, 0) is 25.5 Å². The van der Waals surface area contributed by atoms with Crippen LogP contribution in [0.4, 0.5) is 0 Å². The Bertz CT molecular complexity index is 1280. The van der Waals surface area contributed by atoms with E-state index in [-0.39, 0.29) is 69.4 Å². The SMILES string of the molecule is CC(=O)Cc1cc([C@@H](O)CC[C@H](C)CCCC(C)C)ccc1O.CC(C)OC[C@H](N)C(N)=O.CC[C@H](O)[C@H](O)[C@@H](O)[C@H](O)CN(CCOC(C)C)C[C@@H](O)[C@H](O)[C@@H](O)[C@@H](O)CO. The molecule has 0 aromatic heterocycles. The first-order valence-electron chi connectivity index (χ1n) is 21.8. The molecule has 0 aliphatic heterocycles. The van der Waals surface area contributed by atoms with Crippen molar-refractivity contribution in [1.29, 1.82) is 0 Å². The minimum atomic E-state index is -1.79. The summed E-state index contributed by atoms with van der Waals surface area (Å²) in [6, 6.07) is 4.39. The number of aliphatic hydroxyl groups is 10. The number of nitrogens with two attached hydrogens (primary N) is 2. The van der Waals surface area contributed by atoms with E-state index >= 15 is 0 Å². The van der Waals surface area contributed by atoms with Gasteiger partial charge in [0.25, 0.3) is 0 Å². The number of phenols is 1. The lowest BCUT2D eigenvalue weighted by atomic mass is 9.92. The second-order valence-electron chi connectivity index (χ2n) is 17.2. The van der Waals surface area contributed by atoms with Crippen LogP contribution in [0, 0.1) is 11.8 Å². The fourth-order valence-electron chi connectivity index (χ4n) is 5.91. The van der Waals surface area contributed by atoms with E-state index in [1.54, 1.807) is 25.1 Å². The van der Waals surface area contributed by atoms with E-state index in [2.05, 4.69) is 20.8 Å². The van der Waals surface area contributed by atoms with E-state index in [0.29, 0.717) is 17.9 Å².